The molecule has 0 fully saturated rings. The maximum absolute atomic E-state index is 5.05. The molecule has 6 heteroatoms. The fraction of sp³-hybridized carbons (Fsp3) is 0. The van der Waals surface area contributed by atoms with Crippen molar-refractivity contribution >= 4 is 0 Å². The normalized spacial score (nSPS) is 11.0. The Morgan fingerprint density at radius 3 is 1.22 bits per heavy atom. The van der Waals surface area contributed by atoms with E-state index in [4.69, 9.17) is 24.9 Å². The standard InChI is InChI=1S/C48H32N6/c1-4-14-33(15-5-1)41-31-44(42-24-10-11-26-49-42)51-45(32-41)43-30-39(25-27-50-43)37-21-12-20-36(28-37)38-22-13-23-40(29-38)48-53-46(34-16-6-2-7-17-34)52-47(54-48)35-18-8-3-9-19-35/h1-32H. The quantitative estimate of drug-likeness (QED) is 0.158. The van der Waals surface area contributed by atoms with Crippen molar-refractivity contribution in [3.8, 4) is 90.3 Å². The van der Waals surface area contributed by atoms with Crippen molar-refractivity contribution in [1.82, 2.24) is 29.9 Å². The first kappa shape index (κ1) is 32.5. The van der Waals surface area contributed by atoms with E-state index in [0.29, 0.717) is 17.5 Å². The zero-order chi connectivity index (χ0) is 36.1. The highest BCUT2D eigenvalue weighted by Gasteiger charge is 2.14. The van der Waals surface area contributed by atoms with E-state index < -0.39 is 0 Å². The molecule has 0 radical (unpaired) electrons. The van der Waals surface area contributed by atoms with Gasteiger partial charge in [0.15, 0.2) is 17.5 Å². The molecule has 4 aromatic heterocycles. The highest BCUT2D eigenvalue weighted by molar-refractivity contribution is 5.79. The van der Waals surface area contributed by atoms with Crippen LogP contribution in [0, 0.1) is 0 Å². The molecule has 0 aliphatic rings. The molecule has 9 rings (SSSR count). The number of hydrogen-bond donors (Lipinski definition) is 0. The topological polar surface area (TPSA) is 77.3 Å². The smallest absolute Gasteiger partial charge is 0.164 e. The predicted octanol–water partition coefficient (Wildman–Crippen LogP) is 11.4. The molecule has 0 saturated heterocycles. The molecule has 0 aliphatic carbocycles. The molecular formula is C48H32N6. The van der Waals surface area contributed by atoms with Crippen molar-refractivity contribution < 1.29 is 0 Å². The molecular weight excluding hydrogens is 661 g/mol. The predicted molar refractivity (Wildman–Crippen MR) is 217 cm³/mol. The second kappa shape index (κ2) is 14.7. The van der Waals surface area contributed by atoms with Crippen LogP contribution in [-0.4, -0.2) is 29.9 Å². The zero-order valence-electron chi connectivity index (χ0n) is 29.2. The SMILES string of the molecule is c1ccc(-c2cc(-c3ccccn3)nc(-c3cc(-c4cccc(-c5cccc(-c6nc(-c7ccccc7)nc(-c7ccccc7)n6)c5)c4)ccn3)c2)cc1. The van der Waals surface area contributed by atoms with Crippen LogP contribution in [0.4, 0.5) is 0 Å². The van der Waals surface area contributed by atoms with Crippen LogP contribution in [0.25, 0.3) is 90.3 Å². The molecule has 5 aromatic carbocycles. The van der Waals surface area contributed by atoms with E-state index in [9.17, 15) is 0 Å². The van der Waals surface area contributed by atoms with Gasteiger partial charge in [0.2, 0.25) is 0 Å². The third-order valence-electron chi connectivity index (χ3n) is 9.23. The van der Waals surface area contributed by atoms with Gasteiger partial charge in [-0.25, -0.2) is 19.9 Å². The summed E-state index contributed by atoms with van der Waals surface area (Å²) >= 11 is 0. The van der Waals surface area contributed by atoms with Gasteiger partial charge >= 0.3 is 0 Å². The average Bonchev–Trinajstić information content (AvgIpc) is 3.27. The maximum Gasteiger partial charge on any atom is 0.164 e. The van der Waals surface area contributed by atoms with Crippen LogP contribution in [0.3, 0.4) is 0 Å². The lowest BCUT2D eigenvalue weighted by Crippen LogP contribution is -2.00. The second-order valence-electron chi connectivity index (χ2n) is 12.8. The minimum absolute atomic E-state index is 0.620. The van der Waals surface area contributed by atoms with Crippen molar-refractivity contribution in [3.05, 3.63) is 194 Å². The number of benzene rings is 5. The van der Waals surface area contributed by atoms with Crippen LogP contribution in [0.2, 0.25) is 0 Å². The van der Waals surface area contributed by atoms with Gasteiger partial charge in [0.25, 0.3) is 0 Å². The number of aromatic nitrogens is 6. The summed E-state index contributed by atoms with van der Waals surface area (Å²) in [6.07, 6.45) is 3.64. The van der Waals surface area contributed by atoms with Gasteiger partial charge in [-0.2, -0.15) is 0 Å². The Bertz CT molecular complexity index is 2400. The largest absolute Gasteiger partial charge is 0.255 e. The molecule has 0 atom stereocenters. The minimum Gasteiger partial charge on any atom is -0.255 e. The van der Waals surface area contributed by atoms with Gasteiger partial charge in [-0.3, -0.25) is 9.97 Å². The molecule has 0 amide bonds. The van der Waals surface area contributed by atoms with E-state index in [1.54, 1.807) is 6.20 Å². The monoisotopic (exact) mass is 692 g/mol. The van der Waals surface area contributed by atoms with Crippen LogP contribution in [0.1, 0.15) is 0 Å². The fourth-order valence-electron chi connectivity index (χ4n) is 6.51. The second-order valence-corrected chi connectivity index (χ2v) is 12.8. The van der Waals surface area contributed by atoms with E-state index in [2.05, 4.69) is 83.8 Å². The lowest BCUT2D eigenvalue weighted by atomic mass is 9.97. The Kier molecular flexibility index (Phi) is 8.81. The Hall–Kier alpha value is -7.44. The molecule has 54 heavy (non-hydrogen) atoms. The van der Waals surface area contributed by atoms with E-state index in [1.165, 1.54) is 0 Å². The molecule has 6 nitrogen and oxygen atoms in total. The van der Waals surface area contributed by atoms with Crippen LogP contribution in [0.15, 0.2) is 194 Å². The Morgan fingerprint density at radius 2 is 0.648 bits per heavy atom. The van der Waals surface area contributed by atoms with Gasteiger partial charge in [0.05, 0.1) is 22.8 Å². The summed E-state index contributed by atoms with van der Waals surface area (Å²) in [6.45, 7) is 0. The van der Waals surface area contributed by atoms with Crippen LogP contribution in [-0.2, 0) is 0 Å². The van der Waals surface area contributed by atoms with Gasteiger partial charge in [0, 0.05) is 29.1 Å². The van der Waals surface area contributed by atoms with Crippen LogP contribution in [0.5, 0.6) is 0 Å². The van der Waals surface area contributed by atoms with Crippen molar-refractivity contribution in [2.24, 2.45) is 0 Å². The summed E-state index contributed by atoms with van der Waals surface area (Å²) in [5.41, 5.74) is 12.4. The van der Waals surface area contributed by atoms with Gasteiger partial charge in [-0.15, -0.1) is 0 Å². The highest BCUT2D eigenvalue weighted by Crippen LogP contribution is 2.33. The Labute approximate surface area is 313 Å². The third kappa shape index (κ3) is 6.92. The first-order valence-electron chi connectivity index (χ1n) is 17.8. The summed E-state index contributed by atoms with van der Waals surface area (Å²) in [6, 6.07) is 61.6. The lowest BCUT2D eigenvalue weighted by Gasteiger charge is -2.11. The number of pyridine rings is 3. The van der Waals surface area contributed by atoms with Crippen molar-refractivity contribution in [3.63, 3.8) is 0 Å². The molecule has 9 aromatic rings. The van der Waals surface area contributed by atoms with E-state index in [0.717, 1.165) is 72.8 Å². The molecule has 0 bridgehead atoms. The zero-order valence-corrected chi connectivity index (χ0v) is 29.2. The first-order valence-corrected chi connectivity index (χ1v) is 17.8. The summed E-state index contributed by atoms with van der Waals surface area (Å²) in [7, 11) is 0. The van der Waals surface area contributed by atoms with Crippen molar-refractivity contribution in [1.29, 1.82) is 0 Å². The summed E-state index contributed by atoms with van der Waals surface area (Å²) < 4.78 is 0. The third-order valence-corrected chi connectivity index (χ3v) is 9.23. The highest BCUT2D eigenvalue weighted by atomic mass is 15.0. The fourth-order valence-corrected chi connectivity index (χ4v) is 6.51. The number of hydrogen-bond acceptors (Lipinski definition) is 6. The van der Waals surface area contributed by atoms with Crippen LogP contribution >= 0.6 is 0 Å². The average molecular weight is 693 g/mol. The molecule has 0 spiro atoms. The minimum atomic E-state index is 0.620. The summed E-state index contributed by atoms with van der Waals surface area (Å²) in [5.74, 6) is 1.89. The first-order chi connectivity index (χ1) is 26.7. The molecule has 0 saturated carbocycles. The molecule has 0 N–H and O–H groups in total. The van der Waals surface area contributed by atoms with E-state index >= 15 is 0 Å². The van der Waals surface area contributed by atoms with Gasteiger partial charge in [-0.05, 0) is 81.9 Å². The van der Waals surface area contributed by atoms with Crippen molar-refractivity contribution in [2.75, 3.05) is 0 Å². The van der Waals surface area contributed by atoms with Gasteiger partial charge in [0.1, 0.15) is 0 Å². The number of rotatable bonds is 8. The van der Waals surface area contributed by atoms with Crippen molar-refractivity contribution in [2.45, 2.75) is 0 Å². The van der Waals surface area contributed by atoms with Gasteiger partial charge in [-0.1, -0.05) is 133 Å². The summed E-state index contributed by atoms with van der Waals surface area (Å²) in [5, 5.41) is 0. The molecule has 4 heterocycles. The molecule has 0 aliphatic heterocycles. The molecule has 254 valence electrons. The van der Waals surface area contributed by atoms with E-state index in [1.807, 2.05) is 109 Å². The maximum atomic E-state index is 5.05. The van der Waals surface area contributed by atoms with Crippen LogP contribution < -0.4 is 0 Å². The lowest BCUT2D eigenvalue weighted by molar-refractivity contribution is 1.07. The Morgan fingerprint density at radius 1 is 0.222 bits per heavy atom. The summed E-state index contributed by atoms with van der Waals surface area (Å²) in [4.78, 5) is 29.2. The Balaban J connectivity index is 1.08. The molecule has 0 unspecified atom stereocenters. The van der Waals surface area contributed by atoms with E-state index in [-0.39, 0.29) is 0 Å². The van der Waals surface area contributed by atoms with Gasteiger partial charge < -0.3 is 0 Å². The number of nitrogens with zero attached hydrogens (tertiary/aromatic N) is 6.